The Bertz CT molecular complexity index is 608. The molecule has 0 amide bonds. The van der Waals surface area contributed by atoms with Gasteiger partial charge in [0, 0.05) is 5.02 Å². The van der Waals surface area contributed by atoms with Gasteiger partial charge in [-0.25, -0.2) is 0 Å². The molecular weight excluding hydrogens is 288 g/mol. The first-order valence-corrected chi connectivity index (χ1v) is 7.03. The van der Waals surface area contributed by atoms with E-state index in [1.807, 2.05) is 43.3 Å². The minimum atomic E-state index is -0.345. The molecule has 3 nitrogen and oxygen atoms in total. The zero-order chi connectivity index (χ0) is 15.2. The van der Waals surface area contributed by atoms with Crippen LogP contribution in [0.15, 0.2) is 48.5 Å². The fourth-order valence-electron chi connectivity index (χ4n) is 1.91. The topological polar surface area (TPSA) is 35.5 Å². The number of hydrogen-bond acceptors (Lipinski definition) is 3. The number of hydrogen-bond donors (Lipinski definition) is 0. The third-order valence-electron chi connectivity index (χ3n) is 3.24. The number of ether oxygens (including phenoxy) is 2. The van der Waals surface area contributed by atoms with E-state index in [1.54, 1.807) is 19.2 Å². The van der Waals surface area contributed by atoms with Gasteiger partial charge < -0.3 is 9.47 Å². The van der Waals surface area contributed by atoms with E-state index in [2.05, 4.69) is 0 Å². The lowest BCUT2D eigenvalue weighted by molar-refractivity contribution is -0.146. The average Bonchev–Trinajstić information content (AvgIpc) is 2.52. The normalized spacial score (nSPS) is 11.8. The molecule has 21 heavy (non-hydrogen) atoms. The maximum atomic E-state index is 12.1. The summed E-state index contributed by atoms with van der Waals surface area (Å²) in [5.41, 5.74) is 1.77. The van der Waals surface area contributed by atoms with Gasteiger partial charge >= 0.3 is 5.97 Å². The Morgan fingerprint density at radius 2 is 1.90 bits per heavy atom. The first-order valence-electron chi connectivity index (χ1n) is 6.65. The Hall–Kier alpha value is -2.00. The Morgan fingerprint density at radius 3 is 2.52 bits per heavy atom. The highest BCUT2D eigenvalue weighted by atomic mass is 35.5. The van der Waals surface area contributed by atoms with Crippen LogP contribution in [0.3, 0.4) is 0 Å². The van der Waals surface area contributed by atoms with E-state index in [9.17, 15) is 4.79 Å². The van der Waals surface area contributed by atoms with Gasteiger partial charge in [-0.15, -0.1) is 0 Å². The smallest absolute Gasteiger partial charge is 0.313 e. The molecule has 0 aromatic heterocycles. The predicted molar refractivity (Wildman–Crippen MR) is 82.7 cm³/mol. The molecule has 0 heterocycles. The number of rotatable bonds is 5. The summed E-state index contributed by atoms with van der Waals surface area (Å²) in [6.07, 6.45) is 0. The van der Waals surface area contributed by atoms with E-state index in [1.165, 1.54) is 0 Å². The zero-order valence-corrected chi connectivity index (χ0v) is 12.8. The van der Waals surface area contributed by atoms with Gasteiger partial charge in [0.25, 0.3) is 0 Å². The summed E-state index contributed by atoms with van der Waals surface area (Å²) in [6, 6.07) is 14.7. The van der Waals surface area contributed by atoms with Crippen LogP contribution in [0.25, 0.3) is 0 Å². The molecular formula is C17H17ClO3. The van der Waals surface area contributed by atoms with Crippen molar-refractivity contribution in [3.63, 3.8) is 0 Å². The number of benzene rings is 2. The van der Waals surface area contributed by atoms with Gasteiger partial charge in [0.2, 0.25) is 0 Å². The highest BCUT2D eigenvalue weighted by Gasteiger charge is 2.17. The maximum Gasteiger partial charge on any atom is 0.313 e. The molecule has 0 saturated heterocycles. The number of methoxy groups -OCH3 is 1. The van der Waals surface area contributed by atoms with Crippen LogP contribution >= 0.6 is 11.6 Å². The molecule has 0 aliphatic heterocycles. The lowest BCUT2D eigenvalue weighted by atomic mass is 10.0. The maximum absolute atomic E-state index is 12.1. The van der Waals surface area contributed by atoms with Crippen LogP contribution in [0, 0.1) is 0 Å². The standard InChI is InChI=1S/C17H17ClO3/c1-12(14-4-3-5-15(18)10-14)17(19)21-11-13-6-8-16(20-2)9-7-13/h3-10,12H,11H2,1-2H3/t12-/m0/s1. The summed E-state index contributed by atoms with van der Waals surface area (Å²) in [5.74, 6) is 0.160. The average molecular weight is 305 g/mol. The van der Waals surface area contributed by atoms with Gasteiger partial charge in [0.15, 0.2) is 0 Å². The SMILES string of the molecule is COc1ccc(COC(=O)[C@@H](C)c2cccc(Cl)c2)cc1. The minimum Gasteiger partial charge on any atom is -0.497 e. The van der Waals surface area contributed by atoms with Crippen molar-refractivity contribution in [1.29, 1.82) is 0 Å². The van der Waals surface area contributed by atoms with Crippen molar-refractivity contribution >= 4 is 17.6 Å². The molecule has 110 valence electrons. The largest absolute Gasteiger partial charge is 0.497 e. The van der Waals surface area contributed by atoms with Gasteiger partial charge in [-0.05, 0) is 42.3 Å². The van der Waals surface area contributed by atoms with Gasteiger partial charge in [0.1, 0.15) is 12.4 Å². The zero-order valence-electron chi connectivity index (χ0n) is 12.0. The number of esters is 1. The van der Waals surface area contributed by atoms with Crippen LogP contribution in [0.2, 0.25) is 5.02 Å². The quantitative estimate of drug-likeness (QED) is 0.777. The van der Waals surface area contributed by atoms with Crippen molar-refractivity contribution in [2.24, 2.45) is 0 Å². The van der Waals surface area contributed by atoms with Crippen LogP contribution in [0.1, 0.15) is 24.0 Å². The van der Waals surface area contributed by atoms with Crippen molar-refractivity contribution in [2.45, 2.75) is 19.4 Å². The Morgan fingerprint density at radius 1 is 1.19 bits per heavy atom. The number of carbonyl (C=O) groups excluding carboxylic acids is 1. The Balaban J connectivity index is 1.94. The van der Waals surface area contributed by atoms with E-state index in [-0.39, 0.29) is 18.5 Å². The molecule has 2 rings (SSSR count). The van der Waals surface area contributed by atoms with E-state index in [4.69, 9.17) is 21.1 Å². The molecule has 0 aliphatic carbocycles. The van der Waals surface area contributed by atoms with Crippen molar-refractivity contribution in [3.05, 3.63) is 64.7 Å². The number of carbonyl (C=O) groups is 1. The molecule has 0 unspecified atom stereocenters. The highest BCUT2D eigenvalue weighted by molar-refractivity contribution is 6.30. The lowest BCUT2D eigenvalue weighted by Crippen LogP contribution is -2.13. The fourth-order valence-corrected chi connectivity index (χ4v) is 2.11. The predicted octanol–water partition coefficient (Wildman–Crippen LogP) is 4.20. The second-order valence-corrected chi connectivity index (χ2v) is 5.17. The van der Waals surface area contributed by atoms with Crippen molar-refractivity contribution in [1.82, 2.24) is 0 Å². The molecule has 0 radical (unpaired) electrons. The van der Waals surface area contributed by atoms with E-state index < -0.39 is 0 Å². The third kappa shape index (κ3) is 4.23. The molecule has 0 bridgehead atoms. The third-order valence-corrected chi connectivity index (χ3v) is 3.48. The monoisotopic (exact) mass is 304 g/mol. The molecule has 0 aliphatic rings. The molecule has 2 aromatic carbocycles. The summed E-state index contributed by atoms with van der Waals surface area (Å²) >= 11 is 5.93. The van der Waals surface area contributed by atoms with E-state index in [0.717, 1.165) is 16.9 Å². The molecule has 4 heteroatoms. The van der Waals surface area contributed by atoms with Gasteiger partial charge in [0.05, 0.1) is 13.0 Å². The Labute approximate surface area is 129 Å². The number of halogens is 1. The first kappa shape index (κ1) is 15.4. The van der Waals surface area contributed by atoms with Crippen molar-refractivity contribution in [3.8, 4) is 5.75 Å². The molecule has 2 aromatic rings. The summed E-state index contributed by atoms with van der Waals surface area (Å²) in [6.45, 7) is 2.05. The first-order chi connectivity index (χ1) is 10.1. The molecule has 0 N–H and O–H groups in total. The second-order valence-electron chi connectivity index (χ2n) is 4.73. The molecule has 1 atom stereocenters. The summed E-state index contributed by atoms with van der Waals surface area (Å²) in [5, 5.41) is 0.613. The second kappa shape index (κ2) is 7.14. The van der Waals surface area contributed by atoms with Gasteiger partial charge in [-0.1, -0.05) is 35.9 Å². The molecule has 0 saturated carbocycles. The van der Waals surface area contributed by atoms with Crippen LogP contribution < -0.4 is 4.74 Å². The van der Waals surface area contributed by atoms with E-state index >= 15 is 0 Å². The Kier molecular flexibility index (Phi) is 5.23. The fraction of sp³-hybridized carbons (Fsp3) is 0.235. The van der Waals surface area contributed by atoms with Crippen LogP contribution in [-0.2, 0) is 16.1 Å². The summed E-state index contributed by atoms with van der Waals surface area (Å²) < 4.78 is 10.4. The summed E-state index contributed by atoms with van der Waals surface area (Å²) in [4.78, 5) is 12.1. The summed E-state index contributed by atoms with van der Waals surface area (Å²) in [7, 11) is 1.61. The van der Waals surface area contributed by atoms with Crippen LogP contribution in [0.5, 0.6) is 5.75 Å². The van der Waals surface area contributed by atoms with Gasteiger partial charge in [-0.3, -0.25) is 4.79 Å². The van der Waals surface area contributed by atoms with Crippen LogP contribution in [0.4, 0.5) is 0 Å². The minimum absolute atomic E-state index is 0.244. The van der Waals surface area contributed by atoms with Crippen molar-refractivity contribution in [2.75, 3.05) is 7.11 Å². The van der Waals surface area contributed by atoms with Crippen molar-refractivity contribution < 1.29 is 14.3 Å². The highest BCUT2D eigenvalue weighted by Crippen LogP contribution is 2.21. The van der Waals surface area contributed by atoms with E-state index in [0.29, 0.717) is 5.02 Å². The molecule has 0 fully saturated rings. The molecule has 0 spiro atoms. The lowest BCUT2D eigenvalue weighted by Gasteiger charge is -2.12. The van der Waals surface area contributed by atoms with Crippen LogP contribution in [-0.4, -0.2) is 13.1 Å². The van der Waals surface area contributed by atoms with Gasteiger partial charge in [-0.2, -0.15) is 0 Å².